The van der Waals surface area contributed by atoms with Gasteiger partial charge in [0.15, 0.2) is 0 Å². The van der Waals surface area contributed by atoms with E-state index in [9.17, 15) is 9.59 Å². The van der Waals surface area contributed by atoms with Gasteiger partial charge in [0.25, 0.3) is 0 Å². The standard InChI is InChI=1S/C17H24N2O4/c1-2-15(13-7-9-23-10-8-13)19-17(22)18-11-12-3-5-14(6-4-12)16(20)21/h3-6,13,15H,2,7-11H2,1H3,(H,20,21)(H2,18,19,22). The average molecular weight is 320 g/mol. The third kappa shape index (κ3) is 5.25. The van der Waals surface area contributed by atoms with Crippen LogP contribution in [0.4, 0.5) is 4.79 Å². The molecule has 1 unspecified atom stereocenters. The van der Waals surface area contributed by atoms with Crippen LogP contribution in [0.5, 0.6) is 0 Å². The summed E-state index contributed by atoms with van der Waals surface area (Å²) in [5, 5.41) is 14.7. The van der Waals surface area contributed by atoms with E-state index in [-0.39, 0.29) is 17.6 Å². The molecule has 0 radical (unpaired) electrons. The van der Waals surface area contributed by atoms with E-state index >= 15 is 0 Å². The molecule has 1 aliphatic rings. The number of carboxylic acid groups (broad SMARTS) is 1. The van der Waals surface area contributed by atoms with Gasteiger partial charge in [0.05, 0.1) is 5.56 Å². The van der Waals surface area contributed by atoms with Crippen LogP contribution in [0, 0.1) is 5.92 Å². The zero-order valence-electron chi connectivity index (χ0n) is 13.4. The molecule has 6 heteroatoms. The molecule has 6 nitrogen and oxygen atoms in total. The van der Waals surface area contributed by atoms with Crippen molar-refractivity contribution in [3.63, 3.8) is 0 Å². The van der Waals surface area contributed by atoms with Crippen molar-refractivity contribution in [1.82, 2.24) is 10.6 Å². The smallest absolute Gasteiger partial charge is 0.335 e. The van der Waals surface area contributed by atoms with Gasteiger partial charge in [-0.1, -0.05) is 19.1 Å². The van der Waals surface area contributed by atoms with Crippen molar-refractivity contribution in [2.75, 3.05) is 13.2 Å². The van der Waals surface area contributed by atoms with E-state index in [1.165, 1.54) is 12.1 Å². The molecule has 1 heterocycles. The number of amides is 2. The van der Waals surface area contributed by atoms with E-state index in [2.05, 4.69) is 17.6 Å². The molecule has 126 valence electrons. The summed E-state index contributed by atoms with van der Waals surface area (Å²) in [4.78, 5) is 22.9. The largest absolute Gasteiger partial charge is 0.478 e. The molecule has 1 atom stereocenters. The van der Waals surface area contributed by atoms with Crippen molar-refractivity contribution in [3.8, 4) is 0 Å². The first-order valence-electron chi connectivity index (χ1n) is 8.04. The zero-order valence-corrected chi connectivity index (χ0v) is 13.4. The van der Waals surface area contributed by atoms with E-state index in [4.69, 9.17) is 9.84 Å². The number of rotatable bonds is 6. The number of hydrogen-bond donors (Lipinski definition) is 3. The lowest BCUT2D eigenvalue weighted by Crippen LogP contribution is -2.46. The van der Waals surface area contributed by atoms with Crippen molar-refractivity contribution in [1.29, 1.82) is 0 Å². The quantitative estimate of drug-likeness (QED) is 0.751. The molecule has 0 aliphatic carbocycles. The molecule has 0 spiro atoms. The second-order valence-corrected chi connectivity index (χ2v) is 5.79. The van der Waals surface area contributed by atoms with Gasteiger partial charge in [-0.05, 0) is 42.9 Å². The van der Waals surface area contributed by atoms with Gasteiger partial charge in [-0.15, -0.1) is 0 Å². The summed E-state index contributed by atoms with van der Waals surface area (Å²) in [7, 11) is 0. The Morgan fingerprint density at radius 2 is 1.91 bits per heavy atom. The number of benzene rings is 1. The van der Waals surface area contributed by atoms with Gasteiger partial charge >= 0.3 is 12.0 Å². The normalized spacial score (nSPS) is 16.6. The number of carbonyl (C=O) groups excluding carboxylic acids is 1. The minimum absolute atomic E-state index is 0.160. The van der Waals surface area contributed by atoms with Gasteiger partial charge in [-0.2, -0.15) is 0 Å². The van der Waals surface area contributed by atoms with Crippen LogP contribution in [0.1, 0.15) is 42.1 Å². The Bertz CT molecular complexity index is 524. The molecular weight excluding hydrogens is 296 g/mol. The predicted molar refractivity (Wildman–Crippen MR) is 86.4 cm³/mol. The Hall–Kier alpha value is -2.08. The average Bonchev–Trinajstić information content (AvgIpc) is 2.59. The van der Waals surface area contributed by atoms with Crippen molar-refractivity contribution < 1.29 is 19.4 Å². The molecule has 23 heavy (non-hydrogen) atoms. The molecule has 3 N–H and O–H groups in total. The highest BCUT2D eigenvalue weighted by molar-refractivity contribution is 5.87. The lowest BCUT2D eigenvalue weighted by molar-refractivity contribution is 0.0544. The van der Waals surface area contributed by atoms with Crippen LogP contribution in [0.2, 0.25) is 0 Å². The highest BCUT2D eigenvalue weighted by Gasteiger charge is 2.23. The maximum Gasteiger partial charge on any atom is 0.335 e. The minimum Gasteiger partial charge on any atom is -0.478 e. The molecule has 1 fully saturated rings. The summed E-state index contributed by atoms with van der Waals surface area (Å²) in [6.07, 6.45) is 2.86. The van der Waals surface area contributed by atoms with Gasteiger partial charge in [0, 0.05) is 25.8 Å². The summed E-state index contributed by atoms with van der Waals surface area (Å²) in [6, 6.07) is 6.46. The summed E-state index contributed by atoms with van der Waals surface area (Å²) in [6.45, 7) is 3.97. The molecule has 1 aromatic rings. The van der Waals surface area contributed by atoms with E-state index in [0.29, 0.717) is 12.5 Å². The first-order valence-corrected chi connectivity index (χ1v) is 8.04. The van der Waals surface area contributed by atoms with E-state index in [1.807, 2.05) is 0 Å². The van der Waals surface area contributed by atoms with E-state index in [1.54, 1.807) is 12.1 Å². The van der Waals surface area contributed by atoms with E-state index in [0.717, 1.165) is 38.0 Å². The molecule has 0 bridgehead atoms. The Labute approximate surface area is 136 Å². The Morgan fingerprint density at radius 3 is 2.48 bits per heavy atom. The van der Waals surface area contributed by atoms with Crippen molar-refractivity contribution in [3.05, 3.63) is 35.4 Å². The number of ether oxygens (including phenoxy) is 1. The Kier molecular flexibility index (Phi) is 6.40. The molecule has 2 rings (SSSR count). The Morgan fingerprint density at radius 1 is 1.26 bits per heavy atom. The Balaban J connectivity index is 1.80. The van der Waals surface area contributed by atoms with Gasteiger partial charge in [0.2, 0.25) is 0 Å². The van der Waals surface area contributed by atoms with Gasteiger partial charge in [-0.3, -0.25) is 0 Å². The van der Waals surface area contributed by atoms with Crippen LogP contribution in [0.15, 0.2) is 24.3 Å². The number of carboxylic acids is 1. The van der Waals surface area contributed by atoms with Crippen LogP contribution < -0.4 is 10.6 Å². The van der Waals surface area contributed by atoms with Gasteiger partial charge < -0.3 is 20.5 Å². The van der Waals surface area contributed by atoms with Crippen molar-refractivity contribution >= 4 is 12.0 Å². The summed E-state index contributed by atoms with van der Waals surface area (Å²) in [5.74, 6) is -0.487. The second kappa shape index (κ2) is 8.53. The highest BCUT2D eigenvalue weighted by atomic mass is 16.5. The highest BCUT2D eigenvalue weighted by Crippen LogP contribution is 2.20. The van der Waals surface area contributed by atoms with Crippen LogP contribution in [-0.2, 0) is 11.3 Å². The van der Waals surface area contributed by atoms with Crippen LogP contribution >= 0.6 is 0 Å². The molecule has 1 aromatic carbocycles. The molecular formula is C17H24N2O4. The second-order valence-electron chi connectivity index (χ2n) is 5.79. The van der Waals surface area contributed by atoms with Crippen LogP contribution in [-0.4, -0.2) is 36.4 Å². The number of urea groups is 1. The summed E-state index contributed by atoms with van der Waals surface area (Å²) >= 11 is 0. The molecule has 0 saturated carbocycles. The molecule has 0 aromatic heterocycles. The van der Waals surface area contributed by atoms with Crippen molar-refractivity contribution in [2.45, 2.75) is 38.8 Å². The van der Waals surface area contributed by atoms with Gasteiger partial charge in [-0.25, -0.2) is 9.59 Å². The monoisotopic (exact) mass is 320 g/mol. The first-order chi connectivity index (χ1) is 11.1. The van der Waals surface area contributed by atoms with Gasteiger partial charge in [0.1, 0.15) is 0 Å². The maximum atomic E-state index is 12.1. The fourth-order valence-corrected chi connectivity index (χ4v) is 2.84. The first kappa shape index (κ1) is 17.3. The lowest BCUT2D eigenvalue weighted by Gasteiger charge is -2.30. The zero-order chi connectivity index (χ0) is 16.7. The minimum atomic E-state index is -0.954. The fourth-order valence-electron chi connectivity index (χ4n) is 2.84. The van der Waals surface area contributed by atoms with Crippen LogP contribution in [0.3, 0.4) is 0 Å². The van der Waals surface area contributed by atoms with E-state index < -0.39 is 5.97 Å². The third-order valence-electron chi connectivity index (χ3n) is 4.25. The molecule has 1 saturated heterocycles. The number of hydrogen-bond acceptors (Lipinski definition) is 3. The number of nitrogens with one attached hydrogen (secondary N) is 2. The molecule has 2 amide bonds. The molecule has 1 aliphatic heterocycles. The summed E-state index contributed by atoms with van der Waals surface area (Å²) < 4.78 is 5.36. The number of carbonyl (C=O) groups is 2. The maximum absolute atomic E-state index is 12.1. The van der Waals surface area contributed by atoms with Crippen LogP contribution in [0.25, 0.3) is 0 Å². The lowest BCUT2D eigenvalue weighted by atomic mass is 9.90. The van der Waals surface area contributed by atoms with Crippen molar-refractivity contribution in [2.24, 2.45) is 5.92 Å². The fraction of sp³-hybridized carbons (Fsp3) is 0.529. The topological polar surface area (TPSA) is 87.7 Å². The number of aromatic carboxylic acids is 1. The predicted octanol–water partition coefficient (Wildman–Crippen LogP) is 2.39. The summed E-state index contributed by atoms with van der Waals surface area (Å²) in [5.41, 5.74) is 1.10. The SMILES string of the molecule is CCC(NC(=O)NCc1ccc(C(=O)O)cc1)C1CCOCC1. The third-order valence-corrected chi connectivity index (χ3v) is 4.25.